The van der Waals surface area contributed by atoms with Gasteiger partial charge in [-0.3, -0.25) is 9.69 Å². The Balaban J connectivity index is 2.55. The molecule has 100 valence electrons. The quantitative estimate of drug-likeness (QED) is 0.776. The molecule has 1 heterocycles. The minimum atomic E-state index is -4.77. The third kappa shape index (κ3) is 3.32. The summed E-state index contributed by atoms with van der Waals surface area (Å²) in [5, 5.41) is 0. The summed E-state index contributed by atoms with van der Waals surface area (Å²) >= 11 is 0. The van der Waals surface area contributed by atoms with Crippen LogP contribution in [0.1, 0.15) is 13.8 Å². The topological polar surface area (TPSA) is 49.6 Å². The number of rotatable bonds is 2. The highest BCUT2D eigenvalue weighted by Crippen LogP contribution is 2.21. The SMILES string of the molecule is CC(C)(CN)N1CCN(C(=O)C(F)(F)F)CC1. The van der Waals surface area contributed by atoms with E-state index in [1.54, 1.807) is 0 Å². The van der Waals surface area contributed by atoms with E-state index in [1.165, 1.54) is 0 Å². The van der Waals surface area contributed by atoms with E-state index in [2.05, 4.69) is 0 Å². The molecule has 0 radical (unpaired) electrons. The molecule has 0 bridgehead atoms. The normalized spacial score (nSPS) is 19.5. The van der Waals surface area contributed by atoms with E-state index in [9.17, 15) is 18.0 Å². The molecule has 1 rings (SSSR count). The fraction of sp³-hybridized carbons (Fsp3) is 0.900. The van der Waals surface area contributed by atoms with Gasteiger partial charge in [0.05, 0.1) is 0 Å². The molecule has 1 aliphatic heterocycles. The van der Waals surface area contributed by atoms with Crippen molar-refractivity contribution in [1.29, 1.82) is 0 Å². The number of hydrogen-bond donors (Lipinski definition) is 1. The molecule has 0 aromatic carbocycles. The maximum absolute atomic E-state index is 12.2. The molecule has 1 aliphatic rings. The fourth-order valence-electron chi connectivity index (χ4n) is 1.82. The van der Waals surface area contributed by atoms with Crippen molar-refractivity contribution in [2.45, 2.75) is 25.6 Å². The number of nitrogens with zero attached hydrogens (tertiary/aromatic N) is 2. The summed E-state index contributed by atoms with van der Waals surface area (Å²) < 4.78 is 36.6. The minimum Gasteiger partial charge on any atom is -0.332 e. The second-order valence-corrected chi connectivity index (χ2v) is 4.79. The smallest absolute Gasteiger partial charge is 0.332 e. The van der Waals surface area contributed by atoms with Gasteiger partial charge in [0.25, 0.3) is 0 Å². The molecule has 0 spiro atoms. The second kappa shape index (κ2) is 4.81. The molecule has 0 aliphatic carbocycles. The molecule has 0 aromatic rings. The Bertz CT molecular complexity index is 283. The number of halogens is 3. The number of alkyl halides is 3. The summed E-state index contributed by atoms with van der Waals surface area (Å²) in [6.07, 6.45) is -4.77. The monoisotopic (exact) mass is 253 g/mol. The predicted octanol–water partition coefficient (Wildman–Crippen LogP) is 0.430. The van der Waals surface area contributed by atoms with Crippen molar-refractivity contribution in [3.63, 3.8) is 0 Å². The highest BCUT2D eigenvalue weighted by Gasteiger charge is 2.43. The average Bonchev–Trinajstić information content (AvgIpc) is 2.27. The highest BCUT2D eigenvalue weighted by molar-refractivity contribution is 5.81. The number of amides is 1. The zero-order chi connectivity index (χ0) is 13.3. The zero-order valence-corrected chi connectivity index (χ0v) is 10.0. The van der Waals surface area contributed by atoms with Crippen molar-refractivity contribution in [2.75, 3.05) is 32.7 Å². The number of hydrogen-bond acceptors (Lipinski definition) is 3. The summed E-state index contributed by atoms with van der Waals surface area (Å²) in [5.74, 6) is -1.75. The van der Waals surface area contributed by atoms with E-state index in [0.717, 1.165) is 4.90 Å². The summed E-state index contributed by atoms with van der Waals surface area (Å²) in [5.41, 5.74) is 5.36. The van der Waals surface area contributed by atoms with E-state index in [0.29, 0.717) is 19.6 Å². The van der Waals surface area contributed by atoms with Gasteiger partial charge in [-0.15, -0.1) is 0 Å². The van der Waals surface area contributed by atoms with Crippen LogP contribution in [0.15, 0.2) is 0 Å². The maximum Gasteiger partial charge on any atom is 0.471 e. The van der Waals surface area contributed by atoms with Gasteiger partial charge in [0.1, 0.15) is 0 Å². The molecule has 17 heavy (non-hydrogen) atoms. The van der Waals surface area contributed by atoms with E-state index < -0.39 is 12.1 Å². The Hall–Kier alpha value is -0.820. The fourth-order valence-corrected chi connectivity index (χ4v) is 1.82. The van der Waals surface area contributed by atoms with Crippen molar-refractivity contribution in [3.05, 3.63) is 0 Å². The lowest BCUT2D eigenvalue weighted by Gasteiger charge is -2.43. The molecule has 2 N–H and O–H groups in total. The molecular formula is C10H18F3N3O. The van der Waals surface area contributed by atoms with Crippen LogP contribution in [0.4, 0.5) is 13.2 Å². The van der Waals surface area contributed by atoms with E-state index in [1.807, 2.05) is 18.7 Å². The summed E-state index contributed by atoms with van der Waals surface area (Å²) in [7, 11) is 0. The molecule has 0 atom stereocenters. The Morgan fingerprint density at radius 1 is 1.18 bits per heavy atom. The molecule has 0 unspecified atom stereocenters. The van der Waals surface area contributed by atoms with Gasteiger partial charge in [0.2, 0.25) is 0 Å². The van der Waals surface area contributed by atoms with Gasteiger partial charge >= 0.3 is 12.1 Å². The van der Waals surface area contributed by atoms with Crippen molar-refractivity contribution in [3.8, 4) is 0 Å². The van der Waals surface area contributed by atoms with Crippen LogP contribution < -0.4 is 5.73 Å². The minimum absolute atomic E-state index is 0.0990. The van der Waals surface area contributed by atoms with E-state index in [-0.39, 0.29) is 18.6 Å². The van der Waals surface area contributed by atoms with Gasteiger partial charge in [-0.1, -0.05) is 0 Å². The molecular weight excluding hydrogens is 235 g/mol. The van der Waals surface area contributed by atoms with Crippen LogP contribution in [-0.4, -0.2) is 60.1 Å². The standard InChI is InChI=1S/C10H18F3N3O/c1-9(2,7-14)16-5-3-15(4-6-16)8(17)10(11,12)13/h3-7,14H2,1-2H3. The first-order chi connectivity index (χ1) is 7.68. The zero-order valence-electron chi connectivity index (χ0n) is 10.0. The number of nitrogens with two attached hydrogens (primary N) is 1. The van der Waals surface area contributed by atoms with Crippen molar-refractivity contribution in [1.82, 2.24) is 9.80 Å². The second-order valence-electron chi connectivity index (χ2n) is 4.79. The first-order valence-corrected chi connectivity index (χ1v) is 5.49. The number of piperazine rings is 1. The molecule has 1 fully saturated rings. The van der Waals surface area contributed by atoms with Crippen LogP contribution in [0.25, 0.3) is 0 Å². The first kappa shape index (κ1) is 14.2. The Morgan fingerprint density at radius 2 is 1.65 bits per heavy atom. The first-order valence-electron chi connectivity index (χ1n) is 5.49. The van der Waals surface area contributed by atoms with E-state index in [4.69, 9.17) is 5.73 Å². The largest absolute Gasteiger partial charge is 0.471 e. The lowest BCUT2D eigenvalue weighted by molar-refractivity contribution is -0.187. The molecule has 1 saturated heterocycles. The van der Waals surface area contributed by atoms with Crippen LogP contribution in [0, 0.1) is 0 Å². The van der Waals surface area contributed by atoms with Gasteiger partial charge < -0.3 is 10.6 Å². The Morgan fingerprint density at radius 3 is 2.00 bits per heavy atom. The van der Waals surface area contributed by atoms with Gasteiger partial charge in [0.15, 0.2) is 0 Å². The Labute approximate surface area is 98.5 Å². The number of carbonyl (C=O) groups is 1. The highest BCUT2D eigenvalue weighted by atomic mass is 19.4. The van der Waals surface area contributed by atoms with Crippen LogP contribution >= 0.6 is 0 Å². The molecule has 7 heteroatoms. The van der Waals surface area contributed by atoms with Gasteiger partial charge in [0, 0.05) is 38.3 Å². The van der Waals surface area contributed by atoms with Gasteiger partial charge in [-0.25, -0.2) is 0 Å². The van der Waals surface area contributed by atoms with Crippen molar-refractivity contribution >= 4 is 5.91 Å². The van der Waals surface area contributed by atoms with Crippen molar-refractivity contribution < 1.29 is 18.0 Å². The number of carbonyl (C=O) groups excluding carboxylic acids is 1. The van der Waals surface area contributed by atoms with Gasteiger partial charge in [-0.05, 0) is 13.8 Å². The summed E-state index contributed by atoms with van der Waals surface area (Å²) in [4.78, 5) is 13.9. The lowest BCUT2D eigenvalue weighted by Crippen LogP contribution is -2.59. The van der Waals surface area contributed by atoms with Gasteiger partial charge in [-0.2, -0.15) is 13.2 Å². The van der Waals surface area contributed by atoms with Crippen LogP contribution in [0.5, 0.6) is 0 Å². The average molecular weight is 253 g/mol. The maximum atomic E-state index is 12.2. The van der Waals surface area contributed by atoms with E-state index >= 15 is 0 Å². The lowest BCUT2D eigenvalue weighted by atomic mass is 10.0. The summed E-state index contributed by atoms with van der Waals surface area (Å²) in [6.45, 7) is 5.35. The third-order valence-electron chi connectivity index (χ3n) is 3.16. The summed E-state index contributed by atoms with van der Waals surface area (Å²) in [6, 6.07) is 0. The van der Waals surface area contributed by atoms with Crippen LogP contribution in [0.3, 0.4) is 0 Å². The molecule has 1 amide bonds. The van der Waals surface area contributed by atoms with Crippen LogP contribution in [-0.2, 0) is 4.79 Å². The predicted molar refractivity (Wildman–Crippen MR) is 57.3 cm³/mol. The molecule has 4 nitrogen and oxygen atoms in total. The third-order valence-corrected chi connectivity index (χ3v) is 3.16. The molecule has 0 saturated carbocycles. The van der Waals surface area contributed by atoms with Crippen LogP contribution in [0.2, 0.25) is 0 Å². The van der Waals surface area contributed by atoms with Crippen molar-refractivity contribution in [2.24, 2.45) is 5.73 Å². The Kier molecular flexibility index (Phi) is 4.03. The molecule has 0 aromatic heterocycles.